The summed E-state index contributed by atoms with van der Waals surface area (Å²) < 4.78 is 0. The van der Waals surface area contributed by atoms with Gasteiger partial charge in [0.05, 0.1) is 0 Å². The third-order valence-electron chi connectivity index (χ3n) is 2.61. The third kappa shape index (κ3) is 11.6. The second-order valence-electron chi connectivity index (χ2n) is 5.19. The molecule has 0 bridgehead atoms. The van der Waals surface area contributed by atoms with E-state index in [4.69, 9.17) is 5.73 Å². The van der Waals surface area contributed by atoms with Crippen molar-refractivity contribution >= 4 is 5.78 Å². The quantitative estimate of drug-likeness (QED) is 0.596. The van der Waals surface area contributed by atoms with E-state index in [1.807, 2.05) is 13.8 Å². The van der Waals surface area contributed by atoms with Crippen LogP contribution in [0, 0.1) is 0 Å². The number of ketones is 1. The van der Waals surface area contributed by atoms with Crippen LogP contribution in [0.2, 0.25) is 0 Å². The van der Waals surface area contributed by atoms with Crippen LogP contribution in [0.3, 0.4) is 0 Å². The molecule has 0 saturated carbocycles. The number of Topliss-reactive ketones (excluding diaryl/α,β-unsaturated/α-hetero) is 1. The van der Waals surface area contributed by atoms with Gasteiger partial charge in [-0.15, -0.1) is 0 Å². The van der Waals surface area contributed by atoms with Gasteiger partial charge in [0.15, 0.2) is 0 Å². The molecule has 2 nitrogen and oxygen atoms in total. The molecule has 2 heteroatoms. The summed E-state index contributed by atoms with van der Waals surface area (Å²) in [5.41, 5.74) is 5.63. The smallest absolute Gasteiger partial charge is 0.132 e. The lowest BCUT2D eigenvalue weighted by molar-refractivity contribution is -0.119. The second kappa shape index (κ2) is 7.86. The number of hydrogen-bond donors (Lipinski definition) is 1. The van der Waals surface area contributed by atoms with E-state index >= 15 is 0 Å². The number of carbonyl (C=O) groups excluding carboxylic acids is 1. The molecule has 0 aliphatic rings. The maximum absolute atomic E-state index is 11.5. The highest BCUT2D eigenvalue weighted by Gasteiger charge is 2.12. The van der Waals surface area contributed by atoms with E-state index in [1.165, 1.54) is 25.7 Å². The molecule has 2 N–H and O–H groups in total. The Morgan fingerprint density at radius 3 is 2.20 bits per heavy atom. The van der Waals surface area contributed by atoms with Gasteiger partial charge in [-0.2, -0.15) is 0 Å². The van der Waals surface area contributed by atoms with Crippen molar-refractivity contribution in [2.45, 2.75) is 77.7 Å². The van der Waals surface area contributed by atoms with Crippen LogP contribution >= 0.6 is 0 Å². The first-order valence-electron chi connectivity index (χ1n) is 6.26. The Kier molecular flexibility index (Phi) is 7.67. The molecule has 0 saturated heterocycles. The minimum Gasteiger partial charge on any atom is -0.326 e. The van der Waals surface area contributed by atoms with Gasteiger partial charge in [-0.25, -0.2) is 0 Å². The Balaban J connectivity index is 3.34. The second-order valence-corrected chi connectivity index (χ2v) is 5.19. The molecular weight excluding hydrogens is 186 g/mol. The van der Waals surface area contributed by atoms with Crippen LogP contribution in [0.5, 0.6) is 0 Å². The van der Waals surface area contributed by atoms with Gasteiger partial charge >= 0.3 is 0 Å². The predicted molar refractivity (Wildman–Crippen MR) is 65.9 cm³/mol. The van der Waals surface area contributed by atoms with Gasteiger partial charge in [-0.1, -0.05) is 32.6 Å². The fourth-order valence-electron chi connectivity index (χ4n) is 1.51. The highest BCUT2D eigenvalue weighted by atomic mass is 16.1. The van der Waals surface area contributed by atoms with Crippen molar-refractivity contribution < 1.29 is 4.79 Å². The lowest BCUT2D eigenvalue weighted by atomic mass is 9.96. The van der Waals surface area contributed by atoms with Crippen LogP contribution in [-0.4, -0.2) is 11.3 Å². The van der Waals surface area contributed by atoms with Gasteiger partial charge in [0.1, 0.15) is 5.78 Å². The predicted octanol–water partition coefficient (Wildman–Crippen LogP) is 3.43. The highest BCUT2D eigenvalue weighted by Crippen LogP contribution is 2.11. The average Bonchev–Trinajstić information content (AvgIpc) is 2.13. The molecule has 0 aromatic carbocycles. The average molecular weight is 213 g/mol. The first kappa shape index (κ1) is 14.6. The minimum absolute atomic E-state index is 0.197. The summed E-state index contributed by atoms with van der Waals surface area (Å²) >= 11 is 0. The number of carbonyl (C=O) groups is 1. The molecule has 90 valence electrons. The Hall–Kier alpha value is -0.370. The summed E-state index contributed by atoms with van der Waals surface area (Å²) in [5, 5.41) is 0. The molecule has 0 amide bonds. The molecule has 0 aromatic rings. The largest absolute Gasteiger partial charge is 0.326 e. The summed E-state index contributed by atoms with van der Waals surface area (Å²) in [5.74, 6) is 0.380. The van der Waals surface area contributed by atoms with Crippen molar-refractivity contribution in [3.05, 3.63) is 0 Å². The van der Waals surface area contributed by atoms with E-state index < -0.39 is 0 Å². The standard InChI is InChI=1S/C13H27NO/c1-4-5-6-7-8-9-12(15)10-11-13(2,3)14/h4-11,14H2,1-3H3. The molecule has 0 unspecified atom stereocenters. The van der Waals surface area contributed by atoms with Gasteiger partial charge in [0.2, 0.25) is 0 Å². The number of hydrogen-bond acceptors (Lipinski definition) is 2. The van der Waals surface area contributed by atoms with Crippen LogP contribution in [0.4, 0.5) is 0 Å². The minimum atomic E-state index is -0.197. The number of rotatable bonds is 9. The fourth-order valence-corrected chi connectivity index (χ4v) is 1.51. The zero-order valence-corrected chi connectivity index (χ0v) is 10.6. The van der Waals surface area contributed by atoms with E-state index in [1.54, 1.807) is 0 Å². The Morgan fingerprint density at radius 1 is 1.07 bits per heavy atom. The monoisotopic (exact) mass is 213 g/mol. The van der Waals surface area contributed by atoms with Crippen molar-refractivity contribution in [3.8, 4) is 0 Å². The van der Waals surface area contributed by atoms with Crippen LogP contribution in [0.1, 0.15) is 72.1 Å². The highest BCUT2D eigenvalue weighted by molar-refractivity contribution is 5.78. The summed E-state index contributed by atoms with van der Waals surface area (Å²) in [6.07, 6.45) is 8.29. The van der Waals surface area contributed by atoms with Crippen molar-refractivity contribution in [1.82, 2.24) is 0 Å². The Labute approximate surface area is 94.6 Å². The third-order valence-corrected chi connectivity index (χ3v) is 2.61. The SMILES string of the molecule is CCCCCCCC(=O)CCC(C)(C)N. The molecule has 0 spiro atoms. The molecule has 0 aliphatic heterocycles. The first-order valence-corrected chi connectivity index (χ1v) is 6.26. The van der Waals surface area contributed by atoms with Crippen molar-refractivity contribution in [2.75, 3.05) is 0 Å². The van der Waals surface area contributed by atoms with Gasteiger partial charge in [0.25, 0.3) is 0 Å². The van der Waals surface area contributed by atoms with E-state index in [0.717, 1.165) is 19.3 Å². The molecule has 0 radical (unpaired) electrons. The molecule has 0 heterocycles. The van der Waals surface area contributed by atoms with Crippen molar-refractivity contribution in [1.29, 1.82) is 0 Å². The van der Waals surface area contributed by atoms with Gasteiger partial charge in [-0.3, -0.25) is 4.79 Å². The van der Waals surface area contributed by atoms with Gasteiger partial charge < -0.3 is 5.73 Å². The Bertz CT molecular complexity index is 170. The zero-order valence-electron chi connectivity index (χ0n) is 10.6. The fraction of sp³-hybridized carbons (Fsp3) is 0.923. The molecule has 0 rings (SSSR count). The van der Waals surface area contributed by atoms with Gasteiger partial charge in [0, 0.05) is 18.4 Å². The molecule has 0 aliphatic carbocycles. The molecule has 0 atom stereocenters. The van der Waals surface area contributed by atoms with Gasteiger partial charge in [-0.05, 0) is 26.7 Å². The van der Waals surface area contributed by atoms with Crippen LogP contribution in [0.25, 0.3) is 0 Å². The maximum atomic E-state index is 11.5. The van der Waals surface area contributed by atoms with E-state index in [0.29, 0.717) is 12.2 Å². The summed E-state index contributed by atoms with van der Waals surface area (Å²) in [6.45, 7) is 6.15. The normalized spacial score (nSPS) is 11.7. The van der Waals surface area contributed by atoms with Crippen LogP contribution < -0.4 is 5.73 Å². The Morgan fingerprint density at radius 2 is 1.67 bits per heavy atom. The first-order chi connectivity index (χ1) is 6.95. The van der Waals surface area contributed by atoms with Crippen LogP contribution in [-0.2, 0) is 4.79 Å². The lowest BCUT2D eigenvalue weighted by Crippen LogP contribution is -2.32. The van der Waals surface area contributed by atoms with Crippen molar-refractivity contribution in [2.24, 2.45) is 5.73 Å². The summed E-state index contributed by atoms with van der Waals surface area (Å²) in [7, 11) is 0. The number of nitrogens with two attached hydrogens (primary N) is 1. The molecule has 0 fully saturated rings. The lowest BCUT2D eigenvalue weighted by Gasteiger charge is -2.17. The molecular formula is C13H27NO. The maximum Gasteiger partial charge on any atom is 0.132 e. The molecule has 15 heavy (non-hydrogen) atoms. The summed E-state index contributed by atoms with van der Waals surface area (Å²) in [6, 6.07) is 0. The van der Waals surface area contributed by atoms with E-state index in [-0.39, 0.29) is 5.54 Å². The van der Waals surface area contributed by atoms with E-state index in [2.05, 4.69) is 6.92 Å². The zero-order chi connectivity index (χ0) is 11.7. The number of unbranched alkanes of at least 4 members (excludes halogenated alkanes) is 4. The van der Waals surface area contributed by atoms with Crippen molar-refractivity contribution in [3.63, 3.8) is 0 Å². The van der Waals surface area contributed by atoms with E-state index in [9.17, 15) is 4.79 Å². The molecule has 0 aromatic heterocycles. The summed E-state index contributed by atoms with van der Waals surface area (Å²) in [4.78, 5) is 11.5. The topological polar surface area (TPSA) is 43.1 Å². The van der Waals surface area contributed by atoms with Crippen LogP contribution in [0.15, 0.2) is 0 Å².